The van der Waals surface area contributed by atoms with Gasteiger partial charge in [0.15, 0.2) is 12.4 Å². The average molecular weight is 418 g/mol. The van der Waals surface area contributed by atoms with E-state index < -0.39 is 24.5 Å². The number of ether oxygens (including phenoxy) is 2. The van der Waals surface area contributed by atoms with Gasteiger partial charge in [-0.2, -0.15) is 0 Å². The molecule has 0 aliphatic carbocycles. The second-order valence-corrected chi connectivity index (χ2v) is 7.26. The highest BCUT2D eigenvalue weighted by atomic mass is 35.5. The third-order valence-electron chi connectivity index (χ3n) is 4.20. The number of esters is 1. The first kappa shape index (κ1) is 22.4. The van der Waals surface area contributed by atoms with Crippen molar-refractivity contribution < 1.29 is 23.9 Å². The van der Waals surface area contributed by atoms with Gasteiger partial charge in [-0.05, 0) is 31.0 Å². The number of para-hydroxylation sites is 1. The number of benzene rings is 2. The molecular formula is C22H24ClNO5. The average Bonchev–Trinajstić information content (AvgIpc) is 2.69. The summed E-state index contributed by atoms with van der Waals surface area (Å²) in [5, 5.41) is 3.14. The van der Waals surface area contributed by atoms with Crippen LogP contribution in [0.1, 0.15) is 36.7 Å². The molecule has 2 rings (SSSR count). The van der Waals surface area contributed by atoms with Gasteiger partial charge in [-0.3, -0.25) is 9.59 Å². The van der Waals surface area contributed by atoms with Crippen molar-refractivity contribution in [3.63, 3.8) is 0 Å². The largest absolute Gasteiger partial charge is 0.488 e. The Kier molecular flexibility index (Phi) is 8.21. The lowest BCUT2D eigenvalue weighted by molar-refractivity contribution is -0.129. The molecule has 0 saturated heterocycles. The van der Waals surface area contributed by atoms with Crippen LogP contribution in [0.2, 0.25) is 5.02 Å². The van der Waals surface area contributed by atoms with Gasteiger partial charge in [0.1, 0.15) is 17.9 Å². The molecule has 0 aliphatic rings. The third kappa shape index (κ3) is 6.61. The molecule has 7 heteroatoms. The van der Waals surface area contributed by atoms with Crippen LogP contribution in [0.5, 0.6) is 5.75 Å². The van der Waals surface area contributed by atoms with E-state index in [0.717, 1.165) is 5.56 Å². The monoisotopic (exact) mass is 417 g/mol. The van der Waals surface area contributed by atoms with Crippen molar-refractivity contribution in [2.45, 2.75) is 33.4 Å². The van der Waals surface area contributed by atoms with Crippen molar-refractivity contribution >= 4 is 29.3 Å². The Balaban J connectivity index is 1.98. The van der Waals surface area contributed by atoms with E-state index in [1.165, 1.54) is 6.92 Å². The zero-order valence-corrected chi connectivity index (χ0v) is 17.4. The summed E-state index contributed by atoms with van der Waals surface area (Å²) in [6.07, 6.45) is 0. The smallest absolute Gasteiger partial charge is 0.342 e. The molecule has 0 heterocycles. The summed E-state index contributed by atoms with van der Waals surface area (Å²) in [5.41, 5.74) is 0.972. The fraction of sp³-hybridized carbons (Fsp3) is 0.318. The molecular weight excluding hydrogens is 394 g/mol. The summed E-state index contributed by atoms with van der Waals surface area (Å²) in [5.74, 6) is -1.13. The Hall–Kier alpha value is -2.86. The van der Waals surface area contributed by atoms with Crippen LogP contribution in [0.4, 0.5) is 0 Å². The molecule has 0 fully saturated rings. The Morgan fingerprint density at radius 1 is 1.03 bits per heavy atom. The first-order valence-corrected chi connectivity index (χ1v) is 9.59. The van der Waals surface area contributed by atoms with Crippen molar-refractivity contribution in [2.24, 2.45) is 5.92 Å². The minimum Gasteiger partial charge on any atom is -0.488 e. The van der Waals surface area contributed by atoms with Crippen LogP contribution < -0.4 is 10.1 Å². The fourth-order valence-corrected chi connectivity index (χ4v) is 2.88. The predicted octanol–water partition coefficient (Wildman–Crippen LogP) is 3.81. The number of ketones is 1. The molecule has 6 nitrogen and oxygen atoms in total. The molecule has 1 amide bonds. The zero-order valence-electron chi connectivity index (χ0n) is 16.6. The maximum absolute atomic E-state index is 12.4. The number of hydrogen-bond donors (Lipinski definition) is 1. The SMILES string of the molecule is CC(=O)C(NC(=O)COC(=O)c1ccccc1OCc1ccccc1Cl)C(C)C. The van der Waals surface area contributed by atoms with E-state index in [1.807, 2.05) is 32.0 Å². The lowest BCUT2D eigenvalue weighted by Crippen LogP contribution is -2.45. The van der Waals surface area contributed by atoms with E-state index in [9.17, 15) is 14.4 Å². The van der Waals surface area contributed by atoms with Crippen molar-refractivity contribution in [3.05, 3.63) is 64.7 Å². The lowest BCUT2D eigenvalue weighted by Gasteiger charge is -2.19. The fourth-order valence-electron chi connectivity index (χ4n) is 2.69. The van der Waals surface area contributed by atoms with Crippen LogP contribution in [-0.2, 0) is 20.9 Å². The highest BCUT2D eigenvalue weighted by Gasteiger charge is 2.22. The van der Waals surface area contributed by atoms with Crippen LogP contribution in [0, 0.1) is 5.92 Å². The summed E-state index contributed by atoms with van der Waals surface area (Å²) in [7, 11) is 0. The van der Waals surface area contributed by atoms with Gasteiger partial charge in [0, 0.05) is 10.6 Å². The Morgan fingerprint density at radius 3 is 2.34 bits per heavy atom. The lowest BCUT2D eigenvalue weighted by atomic mass is 10.0. The summed E-state index contributed by atoms with van der Waals surface area (Å²) >= 11 is 6.12. The number of nitrogens with one attached hydrogen (secondary N) is 1. The Bertz CT molecular complexity index is 881. The molecule has 1 N–H and O–H groups in total. The number of Topliss-reactive ketones (excluding diaryl/α,β-unsaturated/α-hetero) is 1. The molecule has 154 valence electrons. The molecule has 0 aliphatic heterocycles. The van der Waals surface area contributed by atoms with E-state index in [2.05, 4.69) is 5.32 Å². The van der Waals surface area contributed by atoms with Crippen LogP contribution in [0.3, 0.4) is 0 Å². The van der Waals surface area contributed by atoms with Crippen molar-refractivity contribution in [1.82, 2.24) is 5.32 Å². The molecule has 1 atom stereocenters. The Morgan fingerprint density at radius 2 is 1.69 bits per heavy atom. The van der Waals surface area contributed by atoms with E-state index in [-0.39, 0.29) is 23.9 Å². The van der Waals surface area contributed by atoms with Gasteiger partial charge in [-0.1, -0.05) is 55.8 Å². The van der Waals surface area contributed by atoms with Crippen LogP contribution in [-0.4, -0.2) is 30.3 Å². The number of rotatable bonds is 9. The van der Waals surface area contributed by atoms with Gasteiger partial charge in [-0.15, -0.1) is 0 Å². The standard InChI is InChI=1S/C22H24ClNO5/c1-14(2)21(15(3)25)24-20(26)13-29-22(27)17-9-5-7-11-19(17)28-12-16-8-4-6-10-18(16)23/h4-11,14,21H,12-13H2,1-3H3,(H,24,26). The van der Waals surface area contributed by atoms with Gasteiger partial charge in [-0.25, -0.2) is 4.79 Å². The van der Waals surface area contributed by atoms with Crippen molar-refractivity contribution in [2.75, 3.05) is 6.61 Å². The summed E-state index contributed by atoms with van der Waals surface area (Å²) in [4.78, 5) is 36.1. The molecule has 2 aromatic rings. The minimum absolute atomic E-state index is 0.0638. The molecule has 1 unspecified atom stereocenters. The topological polar surface area (TPSA) is 81.7 Å². The molecule has 0 spiro atoms. The summed E-state index contributed by atoms with van der Waals surface area (Å²) < 4.78 is 10.8. The van der Waals surface area contributed by atoms with E-state index >= 15 is 0 Å². The number of hydrogen-bond acceptors (Lipinski definition) is 5. The predicted molar refractivity (Wildman–Crippen MR) is 110 cm³/mol. The maximum Gasteiger partial charge on any atom is 0.342 e. The summed E-state index contributed by atoms with van der Waals surface area (Å²) in [6.45, 7) is 4.74. The molecule has 0 saturated carbocycles. The number of amides is 1. The van der Waals surface area contributed by atoms with Crippen LogP contribution in [0.25, 0.3) is 0 Å². The quantitative estimate of drug-likeness (QED) is 0.627. The number of halogens is 1. The van der Waals surface area contributed by atoms with Gasteiger partial charge >= 0.3 is 5.97 Å². The molecule has 0 radical (unpaired) electrons. The van der Waals surface area contributed by atoms with Crippen molar-refractivity contribution in [3.8, 4) is 5.75 Å². The number of carbonyl (C=O) groups excluding carboxylic acids is 3. The minimum atomic E-state index is -0.696. The second-order valence-electron chi connectivity index (χ2n) is 6.85. The second kappa shape index (κ2) is 10.6. The van der Waals surface area contributed by atoms with Crippen molar-refractivity contribution in [1.29, 1.82) is 0 Å². The molecule has 0 bridgehead atoms. The van der Waals surface area contributed by atoms with Gasteiger partial charge < -0.3 is 14.8 Å². The Labute approximate surface area is 175 Å². The van der Waals surface area contributed by atoms with E-state index in [0.29, 0.717) is 10.8 Å². The first-order valence-electron chi connectivity index (χ1n) is 9.21. The normalized spacial score (nSPS) is 11.6. The number of carbonyl (C=O) groups is 3. The van der Waals surface area contributed by atoms with Gasteiger partial charge in [0.05, 0.1) is 6.04 Å². The maximum atomic E-state index is 12.4. The first-order chi connectivity index (χ1) is 13.8. The molecule has 0 aromatic heterocycles. The zero-order chi connectivity index (χ0) is 21.4. The van der Waals surface area contributed by atoms with Crippen LogP contribution >= 0.6 is 11.6 Å². The van der Waals surface area contributed by atoms with E-state index in [1.54, 1.807) is 30.3 Å². The van der Waals surface area contributed by atoms with Gasteiger partial charge in [0.25, 0.3) is 5.91 Å². The molecule has 29 heavy (non-hydrogen) atoms. The van der Waals surface area contributed by atoms with E-state index in [4.69, 9.17) is 21.1 Å². The molecule has 2 aromatic carbocycles. The summed E-state index contributed by atoms with van der Waals surface area (Å²) in [6, 6.07) is 13.2. The highest BCUT2D eigenvalue weighted by Crippen LogP contribution is 2.22. The third-order valence-corrected chi connectivity index (χ3v) is 4.57. The van der Waals surface area contributed by atoms with Crippen LogP contribution in [0.15, 0.2) is 48.5 Å². The van der Waals surface area contributed by atoms with Gasteiger partial charge in [0.2, 0.25) is 0 Å². The highest BCUT2D eigenvalue weighted by molar-refractivity contribution is 6.31.